The standard InChI is InChI=1S/C15H16ClN3O2/c1-15(2,10-5-4-6-11(16)9-10)14(21)18-12-13(20)19(3)8-7-17-12/h4-9H,1-3H3,(H,17,18,21). The average molecular weight is 306 g/mol. The second kappa shape index (κ2) is 5.69. The Morgan fingerprint density at radius 2 is 2.10 bits per heavy atom. The molecule has 2 aromatic rings. The Labute approximate surface area is 127 Å². The van der Waals surface area contributed by atoms with E-state index in [1.165, 1.54) is 17.0 Å². The van der Waals surface area contributed by atoms with Crippen LogP contribution in [0.4, 0.5) is 5.82 Å². The van der Waals surface area contributed by atoms with E-state index in [1.807, 2.05) is 6.07 Å². The fourth-order valence-electron chi connectivity index (χ4n) is 1.86. The summed E-state index contributed by atoms with van der Waals surface area (Å²) < 4.78 is 1.36. The number of benzene rings is 1. The van der Waals surface area contributed by atoms with Crippen molar-refractivity contribution in [2.24, 2.45) is 7.05 Å². The molecule has 110 valence electrons. The molecule has 2 rings (SSSR count). The van der Waals surface area contributed by atoms with E-state index in [9.17, 15) is 9.59 Å². The van der Waals surface area contributed by atoms with E-state index in [-0.39, 0.29) is 17.3 Å². The van der Waals surface area contributed by atoms with E-state index in [1.54, 1.807) is 39.1 Å². The van der Waals surface area contributed by atoms with Gasteiger partial charge in [0.15, 0.2) is 5.82 Å². The van der Waals surface area contributed by atoms with Crippen LogP contribution in [0.3, 0.4) is 0 Å². The van der Waals surface area contributed by atoms with Crippen molar-refractivity contribution in [3.05, 3.63) is 57.6 Å². The summed E-state index contributed by atoms with van der Waals surface area (Å²) in [7, 11) is 1.60. The van der Waals surface area contributed by atoms with E-state index in [2.05, 4.69) is 10.3 Å². The number of hydrogen-bond donors (Lipinski definition) is 1. The topological polar surface area (TPSA) is 64.0 Å². The number of nitrogens with zero attached hydrogens (tertiary/aromatic N) is 2. The molecule has 0 saturated heterocycles. The van der Waals surface area contributed by atoms with Gasteiger partial charge in [-0.2, -0.15) is 0 Å². The molecule has 0 spiro atoms. The highest BCUT2D eigenvalue weighted by molar-refractivity contribution is 6.30. The Balaban J connectivity index is 2.31. The summed E-state index contributed by atoms with van der Waals surface area (Å²) in [5.41, 5.74) is -0.430. The zero-order valence-electron chi connectivity index (χ0n) is 12.1. The molecule has 0 aliphatic rings. The number of hydrogen-bond acceptors (Lipinski definition) is 3. The molecule has 0 aliphatic carbocycles. The lowest BCUT2D eigenvalue weighted by Gasteiger charge is -2.24. The molecule has 0 fully saturated rings. The molecule has 21 heavy (non-hydrogen) atoms. The van der Waals surface area contributed by atoms with Crippen molar-refractivity contribution in [3.63, 3.8) is 0 Å². The van der Waals surface area contributed by atoms with Gasteiger partial charge in [-0.1, -0.05) is 23.7 Å². The fourth-order valence-corrected chi connectivity index (χ4v) is 2.05. The quantitative estimate of drug-likeness (QED) is 0.946. The van der Waals surface area contributed by atoms with Gasteiger partial charge in [0.25, 0.3) is 5.56 Å². The minimum Gasteiger partial charge on any atom is -0.314 e. The lowest BCUT2D eigenvalue weighted by molar-refractivity contribution is -0.120. The molecule has 0 unspecified atom stereocenters. The first-order chi connectivity index (χ1) is 9.82. The molecule has 5 nitrogen and oxygen atoms in total. The summed E-state index contributed by atoms with van der Waals surface area (Å²) in [5.74, 6) is -0.305. The van der Waals surface area contributed by atoms with Crippen LogP contribution in [0.25, 0.3) is 0 Å². The Morgan fingerprint density at radius 3 is 2.76 bits per heavy atom. The van der Waals surface area contributed by atoms with E-state index >= 15 is 0 Å². The number of amides is 1. The van der Waals surface area contributed by atoms with Crippen LogP contribution in [-0.4, -0.2) is 15.5 Å². The summed E-state index contributed by atoms with van der Waals surface area (Å²) in [6.07, 6.45) is 2.99. The predicted molar refractivity (Wildman–Crippen MR) is 82.6 cm³/mol. The van der Waals surface area contributed by atoms with Crippen molar-refractivity contribution in [1.82, 2.24) is 9.55 Å². The van der Waals surface area contributed by atoms with Crippen LogP contribution in [0.5, 0.6) is 0 Å². The van der Waals surface area contributed by atoms with Gasteiger partial charge in [-0.15, -0.1) is 0 Å². The van der Waals surface area contributed by atoms with Crippen LogP contribution in [0.1, 0.15) is 19.4 Å². The molecule has 1 aromatic carbocycles. The van der Waals surface area contributed by atoms with Gasteiger partial charge in [0.1, 0.15) is 0 Å². The highest BCUT2D eigenvalue weighted by atomic mass is 35.5. The maximum atomic E-state index is 12.5. The third-order valence-electron chi connectivity index (χ3n) is 3.36. The molecule has 0 aliphatic heterocycles. The summed E-state index contributed by atoms with van der Waals surface area (Å²) in [4.78, 5) is 28.3. The Kier molecular flexibility index (Phi) is 4.14. The van der Waals surface area contributed by atoms with Gasteiger partial charge < -0.3 is 9.88 Å². The van der Waals surface area contributed by atoms with Gasteiger partial charge in [-0.05, 0) is 31.5 Å². The Hall–Kier alpha value is -2.14. The smallest absolute Gasteiger partial charge is 0.293 e. The lowest BCUT2D eigenvalue weighted by atomic mass is 9.84. The molecular formula is C15H16ClN3O2. The van der Waals surface area contributed by atoms with Crippen LogP contribution in [0.15, 0.2) is 41.5 Å². The lowest BCUT2D eigenvalue weighted by Crippen LogP contribution is -2.37. The molecular weight excluding hydrogens is 290 g/mol. The minimum absolute atomic E-state index is 0.0140. The number of carbonyl (C=O) groups is 1. The third-order valence-corrected chi connectivity index (χ3v) is 3.60. The van der Waals surface area contributed by atoms with Crippen molar-refractivity contribution in [2.75, 3.05) is 5.32 Å². The maximum Gasteiger partial charge on any atom is 0.293 e. The van der Waals surface area contributed by atoms with Gasteiger partial charge in [0.05, 0.1) is 5.41 Å². The van der Waals surface area contributed by atoms with Crippen molar-refractivity contribution >= 4 is 23.3 Å². The monoisotopic (exact) mass is 305 g/mol. The molecule has 1 heterocycles. The van der Waals surface area contributed by atoms with Crippen molar-refractivity contribution in [1.29, 1.82) is 0 Å². The van der Waals surface area contributed by atoms with Crippen LogP contribution in [0, 0.1) is 0 Å². The number of halogens is 1. The first-order valence-electron chi connectivity index (χ1n) is 6.41. The van der Waals surface area contributed by atoms with Gasteiger partial charge in [0, 0.05) is 24.5 Å². The maximum absolute atomic E-state index is 12.5. The summed E-state index contributed by atoms with van der Waals surface area (Å²) in [6, 6.07) is 7.08. The number of anilines is 1. The van der Waals surface area contributed by atoms with E-state index < -0.39 is 5.41 Å². The molecule has 1 N–H and O–H groups in total. The fraction of sp³-hybridized carbons (Fsp3) is 0.267. The van der Waals surface area contributed by atoms with Gasteiger partial charge in [-0.3, -0.25) is 9.59 Å². The second-order valence-electron chi connectivity index (χ2n) is 5.28. The second-order valence-corrected chi connectivity index (χ2v) is 5.72. The van der Waals surface area contributed by atoms with E-state index in [4.69, 9.17) is 11.6 Å². The number of aromatic nitrogens is 2. The van der Waals surface area contributed by atoms with Gasteiger partial charge in [0.2, 0.25) is 5.91 Å². The summed E-state index contributed by atoms with van der Waals surface area (Å²) in [6.45, 7) is 3.53. The van der Waals surface area contributed by atoms with E-state index in [0.29, 0.717) is 5.02 Å². The summed E-state index contributed by atoms with van der Waals surface area (Å²) >= 11 is 5.96. The number of nitrogens with one attached hydrogen (secondary N) is 1. The Morgan fingerprint density at radius 1 is 1.38 bits per heavy atom. The van der Waals surface area contributed by atoms with E-state index in [0.717, 1.165) is 5.56 Å². The van der Waals surface area contributed by atoms with Crippen molar-refractivity contribution < 1.29 is 4.79 Å². The third kappa shape index (κ3) is 3.13. The predicted octanol–water partition coefficient (Wildman–Crippen LogP) is 2.35. The molecule has 1 aromatic heterocycles. The highest BCUT2D eigenvalue weighted by Crippen LogP contribution is 2.26. The number of rotatable bonds is 3. The first-order valence-corrected chi connectivity index (χ1v) is 6.79. The Bertz CT molecular complexity index is 738. The van der Waals surface area contributed by atoms with Crippen molar-refractivity contribution in [2.45, 2.75) is 19.3 Å². The first kappa shape index (κ1) is 15.3. The van der Waals surface area contributed by atoms with Gasteiger partial charge in [-0.25, -0.2) is 4.98 Å². The molecule has 6 heteroatoms. The van der Waals surface area contributed by atoms with Gasteiger partial charge >= 0.3 is 0 Å². The zero-order valence-corrected chi connectivity index (χ0v) is 12.8. The molecule has 0 atom stereocenters. The van der Waals surface area contributed by atoms with Crippen LogP contribution >= 0.6 is 11.6 Å². The number of aryl methyl sites for hydroxylation is 1. The van der Waals surface area contributed by atoms with Crippen LogP contribution in [0.2, 0.25) is 5.02 Å². The normalized spacial score (nSPS) is 11.2. The van der Waals surface area contributed by atoms with Crippen LogP contribution in [-0.2, 0) is 17.3 Å². The minimum atomic E-state index is -0.840. The van der Waals surface area contributed by atoms with Crippen LogP contribution < -0.4 is 10.9 Å². The highest BCUT2D eigenvalue weighted by Gasteiger charge is 2.30. The average Bonchev–Trinajstić information content (AvgIpc) is 2.43. The largest absolute Gasteiger partial charge is 0.314 e. The molecule has 0 radical (unpaired) electrons. The zero-order chi connectivity index (χ0) is 15.6. The molecule has 0 saturated carbocycles. The summed E-state index contributed by atoms with van der Waals surface area (Å²) in [5, 5.41) is 3.14. The molecule has 0 bridgehead atoms. The SMILES string of the molecule is Cn1ccnc(NC(=O)C(C)(C)c2cccc(Cl)c2)c1=O. The number of carbonyl (C=O) groups excluding carboxylic acids is 1. The van der Waals surface area contributed by atoms with Crippen molar-refractivity contribution in [3.8, 4) is 0 Å². The molecule has 1 amide bonds.